The van der Waals surface area contributed by atoms with E-state index in [-0.39, 0.29) is 6.04 Å². The van der Waals surface area contributed by atoms with Crippen LogP contribution in [0.25, 0.3) is 0 Å². The largest absolute Gasteiger partial charge is 0.322 e. The third-order valence-electron chi connectivity index (χ3n) is 2.55. The Morgan fingerprint density at radius 1 is 1.44 bits per heavy atom. The monoisotopic (exact) mass is 233 g/mol. The zero-order valence-electron chi connectivity index (χ0n) is 9.47. The predicted octanol–water partition coefficient (Wildman–Crippen LogP) is 2.40. The van der Waals surface area contributed by atoms with Crippen molar-refractivity contribution in [3.8, 4) is 0 Å². The van der Waals surface area contributed by atoms with E-state index in [1.807, 2.05) is 18.4 Å². The van der Waals surface area contributed by atoms with E-state index >= 15 is 0 Å². The highest BCUT2D eigenvalue weighted by atomic mass is 32.1. The number of hydrogen-bond acceptors (Lipinski definition) is 4. The molecule has 0 aliphatic heterocycles. The maximum absolute atomic E-state index is 6.11. The number of nitrogens with two attached hydrogens (primary N) is 1. The molecule has 2 N–H and O–H groups in total. The predicted molar refractivity (Wildman–Crippen MR) is 66.5 cm³/mol. The summed E-state index contributed by atoms with van der Waals surface area (Å²) in [6.07, 6.45) is 2.55. The molecule has 0 fully saturated rings. The van der Waals surface area contributed by atoms with E-state index in [4.69, 9.17) is 5.73 Å². The first kappa shape index (κ1) is 11.2. The first-order valence-corrected chi connectivity index (χ1v) is 6.13. The van der Waals surface area contributed by atoms with E-state index in [1.54, 1.807) is 17.5 Å². The van der Waals surface area contributed by atoms with Crippen LogP contribution >= 0.6 is 11.3 Å². The fraction of sp³-hybridized carbons (Fsp3) is 0.333. The molecule has 2 aromatic rings. The van der Waals surface area contributed by atoms with Gasteiger partial charge in [0.2, 0.25) is 0 Å². The second-order valence-corrected chi connectivity index (χ2v) is 4.93. The van der Waals surface area contributed by atoms with Crippen molar-refractivity contribution in [1.29, 1.82) is 0 Å². The van der Waals surface area contributed by atoms with Crippen molar-refractivity contribution in [3.63, 3.8) is 0 Å². The van der Waals surface area contributed by atoms with Gasteiger partial charge in [-0.3, -0.25) is 4.98 Å². The number of aryl methyl sites for hydroxylation is 2. The molecule has 84 valence electrons. The molecule has 0 bridgehead atoms. The van der Waals surface area contributed by atoms with Gasteiger partial charge in [0, 0.05) is 23.7 Å². The molecular weight excluding hydrogens is 218 g/mol. The number of aromatic nitrogens is 2. The third-order valence-corrected chi connectivity index (χ3v) is 3.34. The molecule has 1 unspecified atom stereocenters. The van der Waals surface area contributed by atoms with Gasteiger partial charge in [0.1, 0.15) is 0 Å². The molecular formula is C12H15N3S. The SMILES string of the molecule is Cc1nc(C(N)Cc2ncccc2C)cs1. The number of nitrogens with zero attached hydrogens (tertiary/aromatic N) is 2. The van der Waals surface area contributed by atoms with Crippen molar-refractivity contribution >= 4 is 11.3 Å². The lowest BCUT2D eigenvalue weighted by molar-refractivity contribution is 0.683. The van der Waals surface area contributed by atoms with Crippen molar-refractivity contribution < 1.29 is 0 Å². The molecule has 2 heterocycles. The summed E-state index contributed by atoms with van der Waals surface area (Å²) >= 11 is 1.64. The Morgan fingerprint density at radius 3 is 2.88 bits per heavy atom. The van der Waals surface area contributed by atoms with Crippen LogP contribution in [0.15, 0.2) is 23.7 Å². The van der Waals surface area contributed by atoms with Crippen molar-refractivity contribution in [2.24, 2.45) is 5.73 Å². The van der Waals surface area contributed by atoms with E-state index in [9.17, 15) is 0 Å². The second-order valence-electron chi connectivity index (χ2n) is 3.87. The Morgan fingerprint density at radius 2 is 2.25 bits per heavy atom. The maximum atomic E-state index is 6.11. The van der Waals surface area contributed by atoms with Gasteiger partial charge < -0.3 is 5.73 Å². The topological polar surface area (TPSA) is 51.8 Å². The Hall–Kier alpha value is -1.26. The summed E-state index contributed by atoms with van der Waals surface area (Å²) in [4.78, 5) is 8.75. The molecule has 0 radical (unpaired) electrons. The molecule has 2 aromatic heterocycles. The summed E-state index contributed by atoms with van der Waals surface area (Å²) < 4.78 is 0. The van der Waals surface area contributed by atoms with Crippen molar-refractivity contribution in [2.75, 3.05) is 0 Å². The van der Waals surface area contributed by atoms with Gasteiger partial charge in [-0.05, 0) is 25.5 Å². The quantitative estimate of drug-likeness (QED) is 0.885. The van der Waals surface area contributed by atoms with Crippen LogP contribution in [0.5, 0.6) is 0 Å². The van der Waals surface area contributed by atoms with Gasteiger partial charge in [-0.1, -0.05) is 6.07 Å². The van der Waals surface area contributed by atoms with E-state index in [0.29, 0.717) is 0 Å². The molecule has 2 rings (SSSR count). The van der Waals surface area contributed by atoms with Crippen LogP contribution in [-0.4, -0.2) is 9.97 Å². The van der Waals surface area contributed by atoms with Crippen LogP contribution in [0.2, 0.25) is 0 Å². The summed E-state index contributed by atoms with van der Waals surface area (Å²) in [6.45, 7) is 4.05. The Bertz CT molecular complexity index is 479. The molecule has 0 saturated heterocycles. The van der Waals surface area contributed by atoms with Crippen LogP contribution in [0.3, 0.4) is 0 Å². The highest BCUT2D eigenvalue weighted by molar-refractivity contribution is 7.09. The summed E-state index contributed by atoms with van der Waals surface area (Å²) in [5, 5.41) is 3.08. The highest BCUT2D eigenvalue weighted by Gasteiger charge is 2.12. The van der Waals surface area contributed by atoms with Gasteiger partial charge in [0.05, 0.1) is 16.7 Å². The van der Waals surface area contributed by atoms with Gasteiger partial charge >= 0.3 is 0 Å². The van der Waals surface area contributed by atoms with Crippen molar-refractivity contribution in [3.05, 3.63) is 45.7 Å². The highest BCUT2D eigenvalue weighted by Crippen LogP contribution is 2.18. The smallest absolute Gasteiger partial charge is 0.0898 e. The Balaban J connectivity index is 2.13. The van der Waals surface area contributed by atoms with Gasteiger partial charge in [0.15, 0.2) is 0 Å². The standard InChI is InChI=1S/C12H15N3S/c1-8-4-3-5-14-11(8)6-10(13)12-7-16-9(2)15-12/h3-5,7,10H,6,13H2,1-2H3. The van der Waals surface area contributed by atoms with E-state index in [0.717, 1.165) is 22.8 Å². The van der Waals surface area contributed by atoms with Crippen molar-refractivity contribution in [1.82, 2.24) is 9.97 Å². The van der Waals surface area contributed by atoms with E-state index < -0.39 is 0 Å². The molecule has 0 saturated carbocycles. The minimum atomic E-state index is -0.0569. The Labute approximate surface area is 99.4 Å². The van der Waals surface area contributed by atoms with Crippen molar-refractivity contribution in [2.45, 2.75) is 26.3 Å². The van der Waals surface area contributed by atoms with Gasteiger partial charge in [-0.25, -0.2) is 4.98 Å². The zero-order chi connectivity index (χ0) is 11.5. The molecule has 1 atom stereocenters. The van der Waals surface area contributed by atoms with Crippen LogP contribution in [-0.2, 0) is 6.42 Å². The third kappa shape index (κ3) is 2.46. The molecule has 0 amide bonds. The number of pyridine rings is 1. The number of thiazole rings is 1. The van der Waals surface area contributed by atoms with Gasteiger partial charge in [-0.2, -0.15) is 0 Å². The fourth-order valence-corrected chi connectivity index (χ4v) is 2.27. The van der Waals surface area contributed by atoms with Gasteiger partial charge in [0.25, 0.3) is 0 Å². The molecule has 0 aliphatic rings. The summed E-state index contributed by atoms with van der Waals surface area (Å²) in [6, 6.07) is 3.94. The molecule has 4 heteroatoms. The molecule has 3 nitrogen and oxygen atoms in total. The molecule has 0 spiro atoms. The first-order valence-electron chi connectivity index (χ1n) is 5.25. The van der Waals surface area contributed by atoms with Crippen LogP contribution in [0.4, 0.5) is 0 Å². The molecule has 0 aliphatic carbocycles. The minimum absolute atomic E-state index is 0.0569. The maximum Gasteiger partial charge on any atom is 0.0898 e. The average molecular weight is 233 g/mol. The van der Waals surface area contributed by atoms with Gasteiger partial charge in [-0.15, -0.1) is 11.3 Å². The summed E-state index contributed by atoms with van der Waals surface area (Å²) in [7, 11) is 0. The van der Waals surface area contributed by atoms with Crippen LogP contribution in [0.1, 0.15) is 28.0 Å². The molecule has 0 aromatic carbocycles. The normalized spacial score (nSPS) is 12.7. The fourth-order valence-electron chi connectivity index (χ4n) is 1.60. The first-order chi connectivity index (χ1) is 7.66. The number of hydrogen-bond donors (Lipinski definition) is 1. The van der Waals surface area contributed by atoms with E-state index in [2.05, 4.69) is 23.0 Å². The lowest BCUT2D eigenvalue weighted by Crippen LogP contribution is -2.15. The zero-order valence-corrected chi connectivity index (χ0v) is 10.3. The average Bonchev–Trinajstić information content (AvgIpc) is 2.68. The second kappa shape index (κ2) is 4.72. The lowest BCUT2D eigenvalue weighted by Gasteiger charge is -2.09. The van der Waals surface area contributed by atoms with E-state index in [1.165, 1.54) is 5.56 Å². The summed E-state index contributed by atoms with van der Waals surface area (Å²) in [5.74, 6) is 0. The molecule has 16 heavy (non-hydrogen) atoms. The minimum Gasteiger partial charge on any atom is -0.322 e. The lowest BCUT2D eigenvalue weighted by atomic mass is 10.1. The van der Waals surface area contributed by atoms with Crippen LogP contribution < -0.4 is 5.73 Å². The number of rotatable bonds is 3. The summed E-state index contributed by atoms with van der Waals surface area (Å²) in [5.41, 5.74) is 9.32. The van der Waals surface area contributed by atoms with Crippen LogP contribution in [0, 0.1) is 13.8 Å². The Kier molecular flexibility index (Phi) is 3.31.